The average Bonchev–Trinajstić information content (AvgIpc) is 3.19. The van der Waals surface area contributed by atoms with Crippen LogP contribution in [-0.4, -0.2) is 17.2 Å². The molecule has 4 rings (SSSR count). The maximum Gasteiger partial charge on any atom is 0.231 e. The molecule has 0 spiro atoms. The normalized spacial score (nSPS) is 16.7. The second-order valence-electron chi connectivity index (χ2n) is 4.95. The lowest BCUT2D eigenvalue weighted by Crippen LogP contribution is -2.38. The fourth-order valence-electron chi connectivity index (χ4n) is 2.39. The van der Waals surface area contributed by atoms with E-state index in [1.165, 1.54) is 4.52 Å². The van der Waals surface area contributed by atoms with Crippen molar-refractivity contribution in [3.63, 3.8) is 0 Å². The zero-order valence-corrected chi connectivity index (χ0v) is 13.0. The molecule has 0 unspecified atom stereocenters. The zero-order chi connectivity index (χ0) is 15.6. The van der Waals surface area contributed by atoms with Crippen molar-refractivity contribution in [1.82, 2.24) is 10.1 Å². The topological polar surface area (TPSA) is 49.3 Å². The Labute approximate surface area is 139 Å². The predicted molar refractivity (Wildman–Crippen MR) is 91.9 cm³/mol. The van der Waals surface area contributed by atoms with Crippen molar-refractivity contribution in [2.45, 2.75) is 0 Å². The van der Waals surface area contributed by atoms with Crippen LogP contribution in [-0.2, 0) is 0 Å². The first-order valence-electron chi connectivity index (χ1n) is 7.06. The summed E-state index contributed by atoms with van der Waals surface area (Å²) >= 11 is 4.35. The molecule has 2 aromatic carbocycles. The van der Waals surface area contributed by atoms with E-state index in [-0.39, 0.29) is 6.79 Å². The van der Waals surface area contributed by atoms with Gasteiger partial charge in [0.25, 0.3) is 0 Å². The number of nitrogens with one attached hydrogen (secondary N) is 1. The highest BCUT2D eigenvalue weighted by Gasteiger charge is 2.23. The number of amidine groups is 1. The second-order valence-corrected chi connectivity index (χ2v) is 5.33. The third kappa shape index (κ3) is 2.71. The van der Waals surface area contributed by atoms with Crippen molar-refractivity contribution < 1.29 is 9.47 Å². The SMILES string of the molecule is SN1NN=C(C=Cc2ccc3c(c2)OCO3)N1c1ccccc1. The molecule has 0 atom stereocenters. The highest BCUT2D eigenvalue weighted by Crippen LogP contribution is 2.33. The summed E-state index contributed by atoms with van der Waals surface area (Å²) in [6.45, 7) is 0.273. The first kappa shape index (κ1) is 14.0. The van der Waals surface area contributed by atoms with Gasteiger partial charge in [-0.1, -0.05) is 34.9 Å². The molecule has 6 nitrogen and oxygen atoms in total. The van der Waals surface area contributed by atoms with Gasteiger partial charge in [0.05, 0.1) is 5.69 Å². The first-order valence-corrected chi connectivity index (χ1v) is 7.46. The molecule has 7 heteroatoms. The Morgan fingerprint density at radius 3 is 2.74 bits per heavy atom. The number of para-hydroxylation sites is 1. The maximum atomic E-state index is 5.39. The van der Waals surface area contributed by atoms with Gasteiger partial charge in [-0.05, 0) is 48.7 Å². The minimum Gasteiger partial charge on any atom is -0.454 e. The van der Waals surface area contributed by atoms with Gasteiger partial charge < -0.3 is 9.47 Å². The molecule has 23 heavy (non-hydrogen) atoms. The lowest BCUT2D eigenvalue weighted by molar-refractivity contribution is 0.174. The Kier molecular flexibility index (Phi) is 3.57. The van der Waals surface area contributed by atoms with Crippen LogP contribution in [0.3, 0.4) is 0 Å². The molecule has 0 aromatic heterocycles. The van der Waals surface area contributed by atoms with E-state index in [1.54, 1.807) is 0 Å². The molecule has 1 N–H and O–H groups in total. The highest BCUT2D eigenvalue weighted by molar-refractivity contribution is 7.77. The number of hydrogen-bond donors (Lipinski definition) is 2. The summed E-state index contributed by atoms with van der Waals surface area (Å²) in [7, 11) is 0. The van der Waals surface area contributed by atoms with Crippen LogP contribution in [0.25, 0.3) is 6.08 Å². The summed E-state index contributed by atoms with van der Waals surface area (Å²) in [5.41, 5.74) is 4.77. The molecular formula is C16H14N4O2S. The molecule has 2 heterocycles. The molecule has 0 saturated carbocycles. The molecule has 2 aliphatic rings. The van der Waals surface area contributed by atoms with E-state index < -0.39 is 0 Å². The molecule has 0 amide bonds. The molecule has 0 bridgehead atoms. The van der Waals surface area contributed by atoms with Crippen LogP contribution in [0, 0.1) is 0 Å². The smallest absolute Gasteiger partial charge is 0.231 e. The van der Waals surface area contributed by atoms with Crippen LogP contribution in [0.1, 0.15) is 5.56 Å². The summed E-state index contributed by atoms with van der Waals surface area (Å²) in [5, 5.41) is 6.12. The number of anilines is 1. The third-order valence-corrected chi connectivity index (χ3v) is 3.75. The number of thiol groups is 1. The number of fused-ring (bicyclic) bond motifs is 1. The molecular weight excluding hydrogens is 312 g/mol. The third-order valence-electron chi connectivity index (χ3n) is 3.48. The van der Waals surface area contributed by atoms with E-state index in [2.05, 4.69) is 23.5 Å². The number of rotatable bonds is 3. The Morgan fingerprint density at radius 1 is 1.04 bits per heavy atom. The van der Waals surface area contributed by atoms with E-state index in [0.717, 1.165) is 28.6 Å². The van der Waals surface area contributed by atoms with Crippen LogP contribution in [0.15, 0.2) is 59.7 Å². The van der Waals surface area contributed by atoms with Crippen LogP contribution in [0.5, 0.6) is 11.5 Å². The van der Waals surface area contributed by atoms with Crippen molar-refractivity contribution in [1.29, 1.82) is 0 Å². The van der Waals surface area contributed by atoms with Gasteiger partial charge >= 0.3 is 0 Å². The van der Waals surface area contributed by atoms with Gasteiger partial charge in [0.2, 0.25) is 6.79 Å². The number of hydrazine groups is 2. The van der Waals surface area contributed by atoms with E-state index in [0.29, 0.717) is 0 Å². The van der Waals surface area contributed by atoms with E-state index in [9.17, 15) is 0 Å². The van der Waals surface area contributed by atoms with Crippen molar-refractivity contribution >= 4 is 30.4 Å². The Bertz CT molecular complexity index is 779. The van der Waals surface area contributed by atoms with Crippen LogP contribution in [0.2, 0.25) is 0 Å². The van der Waals surface area contributed by atoms with E-state index in [1.807, 2.05) is 65.7 Å². The van der Waals surface area contributed by atoms with Crippen LogP contribution >= 0.6 is 12.8 Å². The first-order chi connectivity index (χ1) is 11.3. The largest absolute Gasteiger partial charge is 0.454 e. The number of benzene rings is 2. The standard InChI is InChI=1S/C16H14N4O2S/c23-20-18-17-16(19(20)13-4-2-1-3-5-13)9-7-12-6-8-14-15(10-12)22-11-21-14/h1-10,18,23H,11H2. The number of hydrogen-bond acceptors (Lipinski definition) is 7. The molecule has 0 fully saturated rings. The van der Waals surface area contributed by atoms with Gasteiger partial charge in [0.1, 0.15) is 0 Å². The fraction of sp³-hybridized carbons (Fsp3) is 0.0625. The number of hydrazone groups is 1. The van der Waals surface area contributed by atoms with E-state index >= 15 is 0 Å². The van der Waals surface area contributed by atoms with Gasteiger partial charge in [0, 0.05) is 0 Å². The fourth-order valence-corrected chi connectivity index (χ4v) is 2.63. The van der Waals surface area contributed by atoms with E-state index in [4.69, 9.17) is 9.47 Å². The molecule has 116 valence electrons. The average molecular weight is 326 g/mol. The molecule has 2 aromatic rings. The Morgan fingerprint density at radius 2 is 1.87 bits per heavy atom. The summed E-state index contributed by atoms with van der Waals surface area (Å²) in [6.07, 6.45) is 3.87. The molecule has 0 radical (unpaired) electrons. The zero-order valence-electron chi connectivity index (χ0n) is 12.1. The Balaban J connectivity index is 1.58. The van der Waals surface area contributed by atoms with Gasteiger partial charge in [-0.3, -0.25) is 0 Å². The van der Waals surface area contributed by atoms with Crippen molar-refractivity contribution in [2.24, 2.45) is 5.10 Å². The quantitative estimate of drug-likeness (QED) is 0.850. The molecule has 0 aliphatic carbocycles. The van der Waals surface area contributed by atoms with Gasteiger partial charge in [-0.2, -0.15) is 0 Å². The van der Waals surface area contributed by atoms with Gasteiger partial charge in [0.15, 0.2) is 17.3 Å². The number of ether oxygens (including phenoxy) is 2. The van der Waals surface area contributed by atoms with Crippen molar-refractivity contribution in [3.8, 4) is 11.5 Å². The minimum atomic E-state index is 0.273. The maximum absolute atomic E-state index is 5.39. The lowest BCUT2D eigenvalue weighted by atomic mass is 10.2. The second kappa shape index (κ2) is 5.86. The van der Waals surface area contributed by atoms with Crippen LogP contribution < -0.4 is 20.0 Å². The summed E-state index contributed by atoms with van der Waals surface area (Å²) in [5.74, 6) is 2.26. The lowest BCUT2D eigenvalue weighted by Gasteiger charge is -2.23. The number of nitrogens with zero attached hydrogens (tertiary/aromatic N) is 3. The van der Waals surface area contributed by atoms with Gasteiger partial charge in [-0.25, -0.2) is 10.5 Å². The highest BCUT2D eigenvalue weighted by atomic mass is 32.1. The van der Waals surface area contributed by atoms with Crippen LogP contribution in [0.4, 0.5) is 5.69 Å². The Hall–Kier alpha value is -2.64. The predicted octanol–water partition coefficient (Wildman–Crippen LogP) is 2.83. The summed E-state index contributed by atoms with van der Waals surface area (Å²) in [6, 6.07) is 15.7. The minimum absolute atomic E-state index is 0.273. The monoisotopic (exact) mass is 326 g/mol. The molecule has 2 aliphatic heterocycles. The van der Waals surface area contributed by atoms with Crippen molar-refractivity contribution in [2.75, 3.05) is 11.8 Å². The summed E-state index contributed by atoms with van der Waals surface area (Å²) < 4.78 is 12.2. The van der Waals surface area contributed by atoms with Crippen molar-refractivity contribution in [3.05, 3.63) is 60.2 Å². The summed E-state index contributed by atoms with van der Waals surface area (Å²) in [4.78, 5) is 0. The van der Waals surface area contributed by atoms with Gasteiger partial charge in [-0.15, -0.1) is 5.10 Å². The molecule has 0 saturated heterocycles.